The third kappa shape index (κ3) is 4.08. The Hall–Kier alpha value is -3.35. The summed E-state index contributed by atoms with van der Waals surface area (Å²) in [4.78, 5) is 29.8. The highest BCUT2D eigenvalue weighted by atomic mass is 19.1. The summed E-state index contributed by atoms with van der Waals surface area (Å²) in [5, 5.41) is 3.76. The maximum atomic E-state index is 13.3. The van der Waals surface area contributed by atoms with E-state index in [-0.39, 0.29) is 18.2 Å². The molecule has 4 rings (SSSR count). The summed E-state index contributed by atoms with van der Waals surface area (Å²) in [6, 6.07) is 11.6. The number of fused-ring (bicyclic) bond motifs is 1. The van der Waals surface area contributed by atoms with E-state index in [1.54, 1.807) is 18.1 Å². The SMILES string of the molecule is COc1ccc2[nH]cc(CCN3C[C@@H](C(=O)Nc4cccc(F)c4)CC3=O)c2c1. The molecule has 0 aliphatic carbocycles. The van der Waals surface area contributed by atoms with Crippen LogP contribution in [0.1, 0.15) is 12.0 Å². The lowest BCUT2D eigenvalue weighted by atomic mass is 10.1. The van der Waals surface area contributed by atoms with E-state index in [9.17, 15) is 14.0 Å². The fourth-order valence-corrected chi connectivity index (χ4v) is 3.72. The molecule has 0 bridgehead atoms. The van der Waals surface area contributed by atoms with Crippen LogP contribution in [-0.4, -0.2) is 41.9 Å². The Morgan fingerprint density at radius 3 is 2.97 bits per heavy atom. The molecule has 1 fully saturated rings. The highest BCUT2D eigenvalue weighted by molar-refractivity contribution is 5.97. The van der Waals surface area contributed by atoms with E-state index in [4.69, 9.17) is 4.74 Å². The van der Waals surface area contributed by atoms with Gasteiger partial charge in [-0.1, -0.05) is 6.07 Å². The van der Waals surface area contributed by atoms with Gasteiger partial charge in [-0.05, 0) is 48.4 Å². The molecule has 150 valence electrons. The Kier molecular flexibility index (Phi) is 5.20. The Morgan fingerprint density at radius 1 is 1.31 bits per heavy atom. The lowest BCUT2D eigenvalue weighted by molar-refractivity contribution is -0.128. The molecular weight excluding hydrogens is 373 g/mol. The number of methoxy groups -OCH3 is 1. The number of benzene rings is 2. The Labute approximate surface area is 167 Å². The largest absolute Gasteiger partial charge is 0.497 e. The van der Waals surface area contributed by atoms with E-state index in [1.807, 2.05) is 24.4 Å². The number of halogens is 1. The monoisotopic (exact) mass is 395 g/mol. The summed E-state index contributed by atoms with van der Waals surface area (Å²) in [6.45, 7) is 0.901. The molecule has 0 spiro atoms. The maximum absolute atomic E-state index is 13.3. The maximum Gasteiger partial charge on any atom is 0.229 e. The highest BCUT2D eigenvalue weighted by Crippen LogP contribution is 2.25. The molecule has 1 aliphatic rings. The summed E-state index contributed by atoms with van der Waals surface area (Å²) in [5.74, 6) is -0.370. The first kappa shape index (κ1) is 19.0. The van der Waals surface area contributed by atoms with E-state index in [0.29, 0.717) is 25.2 Å². The number of likely N-dealkylation sites (tertiary alicyclic amines) is 1. The van der Waals surface area contributed by atoms with Crippen molar-refractivity contribution >= 4 is 28.4 Å². The minimum Gasteiger partial charge on any atom is -0.497 e. The molecule has 0 saturated carbocycles. The fourth-order valence-electron chi connectivity index (χ4n) is 3.72. The zero-order valence-electron chi connectivity index (χ0n) is 16.1. The lowest BCUT2D eigenvalue weighted by Crippen LogP contribution is -2.30. The predicted octanol–water partition coefficient (Wildman–Crippen LogP) is 3.35. The molecule has 1 atom stereocenters. The topological polar surface area (TPSA) is 74.4 Å². The number of aromatic nitrogens is 1. The number of amides is 2. The van der Waals surface area contributed by atoms with E-state index in [2.05, 4.69) is 10.3 Å². The van der Waals surface area contributed by atoms with Crippen LogP contribution >= 0.6 is 0 Å². The van der Waals surface area contributed by atoms with Crippen LogP contribution in [0, 0.1) is 11.7 Å². The molecule has 0 unspecified atom stereocenters. The quantitative estimate of drug-likeness (QED) is 0.672. The van der Waals surface area contributed by atoms with Gasteiger partial charge in [0.05, 0.1) is 13.0 Å². The molecule has 1 aromatic heterocycles. The standard InChI is InChI=1S/C22H22FN3O3/c1-29-18-5-6-20-19(11-18)14(12-24-20)7-8-26-13-15(9-21(26)27)22(28)25-17-4-2-3-16(23)10-17/h2-6,10-12,15,24H,7-9,13H2,1H3,(H,25,28)/t15-/m0/s1. The molecule has 2 N–H and O–H groups in total. The van der Waals surface area contributed by atoms with Crippen LogP contribution in [0.4, 0.5) is 10.1 Å². The number of carbonyl (C=O) groups excluding carboxylic acids is 2. The van der Waals surface area contributed by atoms with Gasteiger partial charge in [-0.2, -0.15) is 0 Å². The van der Waals surface area contributed by atoms with Crippen molar-refractivity contribution in [2.45, 2.75) is 12.8 Å². The smallest absolute Gasteiger partial charge is 0.229 e. The number of nitrogens with one attached hydrogen (secondary N) is 2. The predicted molar refractivity (Wildman–Crippen MR) is 108 cm³/mol. The molecule has 2 amide bonds. The van der Waals surface area contributed by atoms with Crippen LogP contribution in [0.2, 0.25) is 0 Å². The molecule has 1 aliphatic heterocycles. The third-order valence-electron chi connectivity index (χ3n) is 5.30. The van der Waals surface area contributed by atoms with Crippen LogP contribution < -0.4 is 10.1 Å². The van der Waals surface area contributed by atoms with Gasteiger partial charge in [-0.15, -0.1) is 0 Å². The number of carbonyl (C=O) groups is 2. The normalized spacial score (nSPS) is 16.4. The van der Waals surface area contributed by atoms with Crippen LogP contribution in [0.3, 0.4) is 0 Å². The molecular formula is C22H22FN3O3. The van der Waals surface area contributed by atoms with Gasteiger partial charge in [0.2, 0.25) is 11.8 Å². The first-order valence-corrected chi connectivity index (χ1v) is 9.51. The molecule has 3 aromatic rings. The fraction of sp³-hybridized carbons (Fsp3) is 0.273. The average molecular weight is 395 g/mol. The number of anilines is 1. The van der Waals surface area contributed by atoms with Gasteiger partial charge in [0.1, 0.15) is 11.6 Å². The third-order valence-corrected chi connectivity index (χ3v) is 5.30. The van der Waals surface area contributed by atoms with Crippen molar-refractivity contribution < 1.29 is 18.7 Å². The summed E-state index contributed by atoms with van der Waals surface area (Å²) < 4.78 is 18.6. The van der Waals surface area contributed by atoms with Crippen molar-refractivity contribution in [1.29, 1.82) is 0 Å². The Balaban J connectivity index is 1.38. The minimum atomic E-state index is -0.436. The number of ether oxygens (including phenoxy) is 1. The van der Waals surface area contributed by atoms with E-state index in [0.717, 1.165) is 22.2 Å². The van der Waals surface area contributed by atoms with Gasteiger partial charge in [0.15, 0.2) is 0 Å². The van der Waals surface area contributed by atoms with Crippen molar-refractivity contribution in [3.05, 3.63) is 60.0 Å². The second-order valence-corrected chi connectivity index (χ2v) is 7.22. The van der Waals surface area contributed by atoms with Crippen molar-refractivity contribution in [2.75, 3.05) is 25.5 Å². The van der Waals surface area contributed by atoms with Crippen molar-refractivity contribution in [3.63, 3.8) is 0 Å². The zero-order valence-corrected chi connectivity index (χ0v) is 16.1. The van der Waals surface area contributed by atoms with Crippen molar-refractivity contribution in [2.24, 2.45) is 5.92 Å². The van der Waals surface area contributed by atoms with Gasteiger partial charge in [-0.25, -0.2) is 4.39 Å². The molecule has 1 saturated heterocycles. The van der Waals surface area contributed by atoms with E-state index >= 15 is 0 Å². The summed E-state index contributed by atoms with van der Waals surface area (Å²) in [6.07, 6.45) is 2.79. The van der Waals surface area contributed by atoms with Crippen molar-refractivity contribution in [1.82, 2.24) is 9.88 Å². The van der Waals surface area contributed by atoms with Crippen LogP contribution in [-0.2, 0) is 16.0 Å². The van der Waals surface area contributed by atoms with Crippen LogP contribution in [0.25, 0.3) is 10.9 Å². The van der Waals surface area contributed by atoms with Gasteiger partial charge in [-0.3, -0.25) is 9.59 Å². The van der Waals surface area contributed by atoms with E-state index < -0.39 is 11.7 Å². The molecule has 2 aromatic carbocycles. The second-order valence-electron chi connectivity index (χ2n) is 7.22. The summed E-state index contributed by atoms with van der Waals surface area (Å²) >= 11 is 0. The van der Waals surface area contributed by atoms with Crippen molar-refractivity contribution in [3.8, 4) is 5.75 Å². The molecule has 0 radical (unpaired) electrons. The first-order valence-electron chi connectivity index (χ1n) is 9.51. The second kappa shape index (κ2) is 7.95. The summed E-state index contributed by atoms with van der Waals surface area (Å²) in [5.41, 5.74) is 2.51. The molecule has 2 heterocycles. The van der Waals surface area contributed by atoms with Gasteiger partial charge >= 0.3 is 0 Å². The zero-order chi connectivity index (χ0) is 20.4. The number of rotatable bonds is 6. The minimum absolute atomic E-state index is 0.0400. The van der Waals surface area contributed by atoms with Gasteiger partial charge in [0, 0.05) is 42.3 Å². The Bertz CT molecular complexity index is 1060. The number of aromatic amines is 1. The number of hydrogen-bond donors (Lipinski definition) is 2. The van der Waals surface area contributed by atoms with Gasteiger partial charge < -0.3 is 19.9 Å². The first-order chi connectivity index (χ1) is 14.0. The Morgan fingerprint density at radius 2 is 2.17 bits per heavy atom. The van der Waals surface area contributed by atoms with E-state index in [1.165, 1.54) is 18.2 Å². The van der Waals surface area contributed by atoms with Crippen LogP contribution in [0.15, 0.2) is 48.7 Å². The number of nitrogens with zero attached hydrogens (tertiary/aromatic N) is 1. The average Bonchev–Trinajstić information content (AvgIpc) is 3.29. The van der Waals surface area contributed by atoms with Crippen LogP contribution in [0.5, 0.6) is 5.75 Å². The molecule has 29 heavy (non-hydrogen) atoms. The molecule has 6 nitrogen and oxygen atoms in total. The number of H-pyrrole nitrogens is 1. The van der Waals surface area contributed by atoms with Gasteiger partial charge in [0.25, 0.3) is 0 Å². The molecule has 7 heteroatoms. The number of hydrogen-bond acceptors (Lipinski definition) is 3. The summed E-state index contributed by atoms with van der Waals surface area (Å²) in [7, 11) is 1.63. The lowest BCUT2D eigenvalue weighted by Gasteiger charge is -2.16. The highest BCUT2D eigenvalue weighted by Gasteiger charge is 2.34.